The maximum Gasteiger partial charge on any atom is 0.143 e. The van der Waals surface area contributed by atoms with Gasteiger partial charge in [-0.05, 0) is 37.4 Å². The first-order valence-corrected chi connectivity index (χ1v) is 6.25. The van der Waals surface area contributed by atoms with Crippen molar-refractivity contribution in [3.63, 3.8) is 0 Å². The fourth-order valence-electron chi connectivity index (χ4n) is 2.12. The van der Waals surface area contributed by atoms with Gasteiger partial charge in [0.2, 0.25) is 0 Å². The Hall–Kier alpha value is -1.60. The lowest BCUT2D eigenvalue weighted by atomic mass is 9.96. The van der Waals surface area contributed by atoms with Crippen LogP contribution in [-0.2, 0) is 0 Å². The first-order valence-electron chi connectivity index (χ1n) is 6.25. The summed E-state index contributed by atoms with van der Waals surface area (Å²) in [6.07, 6.45) is 2.10. The van der Waals surface area contributed by atoms with Gasteiger partial charge < -0.3 is 4.74 Å². The van der Waals surface area contributed by atoms with Gasteiger partial charge in [-0.25, -0.2) is 4.39 Å². The minimum Gasteiger partial charge on any atom is -0.490 e. The van der Waals surface area contributed by atoms with E-state index in [2.05, 4.69) is 11.4 Å². The van der Waals surface area contributed by atoms with Crippen molar-refractivity contribution in [3.05, 3.63) is 30.1 Å². The molecule has 1 aliphatic rings. The van der Waals surface area contributed by atoms with E-state index in [9.17, 15) is 9.65 Å². The first-order chi connectivity index (χ1) is 8.70. The Kier molecular flexibility index (Phi) is 3.83. The molecule has 1 aromatic rings. The molecule has 0 spiro atoms. The Morgan fingerprint density at radius 2 is 2.33 bits per heavy atom. The molecule has 1 N–H and O–H groups in total. The lowest BCUT2D eigenvalue weighted by Crippen LogP contribution is -2.50. The quantitative estimate of drug-likeness (QED) is 0.841. The average Bonchev–Trinajstić information content (AvgIpc) is 3.19. The largest absolute Gasteiger partial charge is 0.490 e. The number of likely N-dealkylation sites (N-methyl/N-ethyl adjacent to an activating group) is 1. The molecule has 0 bridgehead atoms. The molecule has 1 aromatic carbocycles. The molecule has 1 unspecified atom stereocenters. The van der Waals surface area contributed by atoms with Crippen molar-refractivity contribution in [1.82, 2.24) is 5.32 Å². The van der Waals surface area contributed by atoms with E-state index in [1.54, 1.807) is 12.1 Å². The van der Waals surface area contributed by atoms with Gasteiger partial charge in [0.25, 0.3) is 0 Å². The van der Waals surface area contributed by atoms with E-state index in [0.717, 1.165) is 19.4 Å². The number of nitrogens with one attached hydrogen (secondary N) is 1. The van der Waals surface area contributed by atoms with Gasteiger partial charge in [0.05, 0.1) is 6.07 Å². The number of rotatable bonds is 6. The fourth-order valence-corrected chi connectivity index (χ4v) is 2.12. The Bertz CT molecular complexity index is 453. The molecule has 1 saturated carbocycles. The molecule has 0 amide bonds. The van der Waals surface area contributed by atoms with Crippen LogP contribution in [0.1, 0.15) is 19.8 Å². The van der Waals surface area contributed by atoms with Crippen LogP contribution in [0, 0.1) is 23.1 Å². The van der Waals surface area contributed by atoms with Crippen LogP contribution in [0.4, 0.5) is 4.39 Å². The smallest absolute Gasteiger partial charge is 0.143 e. The summed E-state index contributed by atoms with van der Waals surface area (Å²) < 4.78 is 18.6. The summed E-state index contributed by atoms with van der Waals surface area (Å²) >= 11 is 0. The van der Waals surface area contributed by atoms with E-state index in [0.29, 0.717) is 11.7 Å². The van der Waals surface area contributed by atoms with Crippen LogP contribution in [0.5, 0.6) is 5.75 Å². The maximum absolute atomic E-state index is 13.0. The Morgan fingerprint density at radius 3 is 2.89 bits per heavy atom. The van der Waals surface area contributed by atoms with E-state index in [1.807, 2.05) is 6.92 Å². The highest BCUT2D eigenvalue weighted by atomic mass is 19.1. The molecule has 2 rings (SSSR count). The van der Waals surface area contributed by atoms with Crippen LogP contribution in [-0.4, -0.2) is 18.7 Å². The van der Waals surface area contributed by atoms with Gasteiger partial charge in [0, 0.05) is 6.07 Å². The van der Waals surface area contributed by atoms with Crippen molar-refractivity contribution in [2.24, 2.45) is 5.92 Å². The minimum absolute atomic E-state index is 0.255. The summed E-state index contributed by atoms with van der Waals surface area (Å²) in [5, 5.41) is 12.6. The zero-order valence-electron chi connectivity index (χ0n) is 10.4. The monoisotopic (exact) mass is 248 g/mol. The normalized spacial score (nSPS) is 17.8. The van der Waals surface area contributed by atoms with E-state index >= 15 is 0 Å². The van der Waals surface area contributed by atoms with Crippen molar-refractivity contribution >= 4 is 0 Å². The number of halogens is 1. The second kappa shape index (κ2) is 5.36. The van der Waals surface area contributed by atoms with Crippen LogP contribution in [0.25, 0.3) is 0 Å². The van der Waals surface area contributed by atoms with Gasteiger partial charge in [-0.1, -0.05) is 13.0 Å². The van der Waals surface area contributed by atoms with Gasteiger partial charge in [-0.2, -0.15) is 5.26 Å². The van der Waals surface area contributed by atoms with Crippen molar-refractivity contribution in [2.45, 2.75) is 25.3 Å². The molecule has 1 atom stereocenters. The summed E-state index contributed by atoms with van der Waals surface area (Å²) in [5.41, 5.74) is -0.638. The minimum atomic E-state index is -0.638. The van der Waals surface area contributed by atoms with Crippen LogP contribution in [0.3, 0.4) is 0 Å². The SMILES string of the molecule is CCNC(C#N)(COc1cccc(F)c1)C1CC1. The lowest BCUT2D eigenvalue weighted by molar-refractivity contribution is 0.204. The first kappa shape index (κ1) is 12.8. The number of hydrogen-bond donors (Lipinski definition) is 1. The molecular formula is C14H17FN2O. The highest BCUT2D eigenvalue weighted by Crippen LogP contribution is 2.39. The molecule has 0 heterocycles. The predicted molar refractivity (Wildman–Crippen MR) is 66.6 cm³/mol. The number of benzene rings is 1. The lowest BCUT2D eigenvalue weighted by Gasteiger charge is -2.27. The molecule has 3 nitrogen and oxygen atoms in total. The summed E-state index contributed by atoms with van der Waals surface area (Å²) in [7, 11) is 0. The third-order valence-electron chi connectivity index (χ3n) is 3.23. The Morgan fingerprint density at radius 1 is 1.56 bits per heavy atom. The van der Waals surface area contributed by atoms with E-state index in [-0.39, 0.29) is 12.4 Å². The summed E-state index contributed by atoms with van der Waals surface area (Å²) in [5.74, 6) is 0.481. The second-order valence-corrected chi connectivity index (χ2v) is 4.63. The number of ether oxygens (including phenoxy) is 1. The third-order valence-corrected chi connectivity index (χ3v) is 3.23. The van der Waals surface area contributed by atoms with Crippen molar-refractivity contribution in [2.75, 3.05) is 13.2 Å². The van der Waals surface area contributed by atoms with Crippen LogP contribution >= 0.6 is 0 Å². The number of hydrogen-bond acceptors (Lipinski definition) is 3. The highest BCUT2D eigenvalue weighted by Gasteiger charge is 2.46. The van der Waals surface area contributed by atoms with Crippen LogP contribution < -0.4 is 10.1 Å². The van der Waals surface area contributed by atoms with Gasteiger partial charge in [0.15, 0.2) is 0 Å². The molecule has 0 aliphatic heterocycles. The number of nitrogens with zero attached hydrogens (tertiary/aromatic N) is 1. The number of nitriles is 1. The van der Waals surface area contributed by atoms with Crippen LogP contribution in [0.2, 0.25) is 0 Å². The predicted octanol–water partition coefficient (Wildman–Crippen LogP) is 2.49. The Balaban J connectivity index is 2.04. The Labute approximate surface area is 107 Å². The molecule has 0 aromatic heterocycles. The average molecular weight is 248 g/mol. The molecule has 96 valence electrons. The van der Waals surface area contributed by atoms with Gasteiger partial charge >= 0.3 is 0 Å². The zero-order valence-corrected chi connectivity index (χ0v) is 10.4. The van der Waals surface area contributed by atoms with Crippen LogP contribution in [0.15, 0.2) is 24.3 Å². The molecule has 18 heavy (non-hydrogen) atoms. The second-order valence-electron chi connectivity index (χ2n) is 4.63. The highest BCUT2D eigenvalue weighted by molar-refractivity contribution is 5.24. The molecule has 0 radical (unpaired) electrons. The van der Waals surface area contributed by atoms with Gasteiger partial charge in [-0.3, -0.25) is 5.32 Å². The van der Waals surface area contributed by atoms with E-state index in [4.69, 9.17) is 4.74 Å². The molecule has 4 heteroatoms. The third kappa shape index (κ3) is 2.80. The van der Waals surface area contributed by atoms with Crippen molar-refractivity contribution in [1.29, 1.82) is 5.26 Å². The van der Waals surface area contributed by atoms with Gasteiger partial charge in [-0.15, -0.1) is 0 Å². The fraction of sp³-hybridized carbons (Fsp3) is 0.500. The van der Waals surface area contributed by atoms with E-state index < -0.39 is 5.54 Å². The summed E-state index contributed by atoms with van der Waals surface area (Å²) in [6.45, 7) is 2.94. The zero-order chi connectivity index (χ0) is 13.0. The topological polar surface area (TPSA) is 45.0 Å². The summed E-state index contributed by atoms with van der Waals surface area (Å²) in [6, 6.07) is 8.34. The molecule has 1 fully saturated rings. The maximum atomic E-state index is 13.0. The molecule has 1 aliphatic carbocycles. The van der Waals surface area contributed by atoms with Gasteiger partial charge in [0.1, 0.15) is 23.7 Å². The van der Waals surface area contributed by atoms with E-state index in [1.165, 1.54) is 12.1 Å². The molecule has 0 saturated heterocycles. The van der Waals surface area contributed by atoms with Crippen molar-refractivity contribution in [3.8, 4) is 11.8 Å². The molecular weight excluding hydrogens is 231 g/mol. The summed E-state index contributed by atoms with van der Waals surface area (Å²) in [4.78, 5) is 0. The van der Waals surface area contributed by atoms with Crippen molar-refractivity contribution < 1.29 is 9.13 Å². The standard InChI is InChI=1S/C14H17FN2O/c1-2-17-14(9-16,11-6-7-11)10-18-13-5-3-4-12(15)8-13/h3-5,8,11,17H,2,6-7,10H2,1H3.